The summed E-state index contributed by atoms with van der Waals surface area (Å²) in [5.41, 5.74) is 1.45. The Balaban J connectivity index is 2.44. The summed E-state index contributed by atoms with van der Waals surface area (Å²) >= 11 is 1.91. The van der Waals surface area contributed by atoms with E-state index >= 15 is 0 Å². The van der Waals surface area contributed by atoms with Crippen LogP contribution in [-0.2, 0) is 17.8 Å². The van der Waals surface area contributed by atoms with Crippen LogP contribution in [0.25, 0.3) is 0 Å². The van der Waals surface area contributed by atoms with Crippen LogP contribution in [0.15, 0.2) is 6.07 Å². The fourth-order valence-electron chi connectivity index (χ4n) is 1.93. The smallest absolute Gasteiger partial charge is 0.0589 e. The van der Waals surface area contributed by atoms with E-state index in [-0.39, 0.29) is 0 Å². The van der Waals surface area contributed by atoms with E-state index in [9.17, 15) is 0 Å². The van der Waals surface area contributed by atoms with Gasteiger partial charge in [0.25, 0.3) is 0 Å². The number of methoxy groups -OCH3 is 1. The Hall–Kier alpha value is -0.420. The van der Waals surface area contributed by atoms with Gasteiger partial charge in [-0.2, -0.15) is 0 Å². The molecule has 0 aliphatic rings. The zero-order valence-corrected chi connectivity index (χ0v) is 13.8. The molecule has 0 radical (unpaired) electrons. The number of nitrogens with zero attached hydrogens (tertiary/aromatic N) is 1. The zero-order valence-electron chi connectivity index (χ0n) is 13.0. The van der Waals surface area contributed by atoms with Gasteiger partial charge >= 0.3 is 0 Å². The van der Waals surface area contributed by atoms with Crippen molar-refractivity contribution in [2.75, 3.05) is 33.9 Å². The maximum Gasteiger partial charge on any atom is 0.0589 e. The number of hydrogen-bond acceptors (Lipinski definition) is 4. The van der Waals surface area contributed by atoms with Crippen molar-refractivity contribution in [2.24, 2.45) is 5.92 Å². The van der Waals surface area contributed by atoms with Gasteiger partial charge in [-0.15, -0.1) is 11.3 Å². The fourth-order valence-corrected chi connectivity index (χ4v) is 2.96. The molecule has 0 aliphatic carbocycles. The molecule has 0 saturated carbocycles. The second-order valence-electron chi connectivity index (χ2n) is 5.55. The molecule has 0 atom stereocenters. The predicted molar refractivity (Wildman–Crippen MR) is 83.8 cm³/mol. The van der Waals surface area contributed by atoms with Crippen molar-refractivity contribution in [3.05, 3.63) is 21.4 Å². The molecule has 1 aromatic rings. The van der Waals surface area contributed by atoms with Crippen molar-refractivity contribution in [1.82, 2.24) is 10.2 Å². The predicted octanol–water partition coefficient (Wildman–Crippen LogP) is 2.88. The molecule has 0 saturated heterocycles. The Morgan fingerprint density at radius 2 is 2.16 bits per heavy atom. The molecule has 1 aromatic heterocycles. The number of thiophene rings is 1. The Bertz CT molecular complexity index is 363. The van der Waals surface area contributed by atoms with E-state index in [4.69, 9.17) is 4.74 Å². The van der Waals surface area contributed by atoms with E-state index < -0.39 is 0 Å². The Kier molecular flexibility index (Phi) is 7.61. The number of rotatable bonds is 9. The molecule has 110 valence electrons. The van der Waals surface area contributed by atoms with Gasteiger partial charge < -0.3 is 10.1 Å². The molecule has 0 spiro atoms. The lowest BCUT2D eigenvalue weighted by Gasteiger charge is -2.15. The van der Waals surface area contributed by atoms with Crippen LogP contribution < -0.4 is 5.32 Å². The standard InChI is InChI=1S/C15H28N2OS/c1-12(2)9-16-10-15-8-14(13(3)19-15)11-17(4)6-7-18-5/h8,12,16H,6-7,9-11H2,1-5H3. The molecule has 0 amide bonds. The van der Waals surface area contributed by atoms with Gasteiger partial charge in [0.15, 0.2) is 0 Å². The summed E-state index contributed by atoms with van der Waals surface area (Å²) < 4.78 is 5.11. The van der Waals surface area contributed by atoms with Crippen molar-refractivity contribution < 1.29 is 4.74 Å². The first kappa shape index (κ1) is 16.6. The first-order valence-electron chi connectivity index (χ1n) is 6.99. The molecular weight excluding hydrogens is 256 g/mol. The molecule has 19 heavy (non-hydrogen) atoms. The highest BCUT2D eigenvalue weighted by Crippen LogP contribution is 2.22. The normalized spacial score (nSPS) is 11.7. The van der Waals surface area contributed by atoms with Crippen LogP contribution in [0.5, 0.6) is 0 Å². The maximum atomic E-state index is 5.11. The number of hydrogen-bond donors (Lipinski definition) is 1. The minimum absolute atomic E-state index is 0.709. The quantitative estimate of drug-likeness (QED) is 0.754. The average Bonchev–Trinajstić information content (AvgIpc) is 2.67. The highest BCUT2D eigenvalue weighted by Gasteiger charge is 2.08. The van der Waals surface area contributed by atoms with Gasteiger partial charge in [-0.05, 0) is 38.1 Å². The van der Waals surface area contributed by atoms with Crippen molar-refractivity contribution in [2.45, 2.75) is 33.9 Å². The van der Waals surface area contributed by atoms with Crippen LogP contribution in [0.1, 0.15) is 29.2 Å². The van der Waals surface area contributed by atoms with E-state index in [1.54, 1.807) is 7.11 Å². The summed E-state index contributed by atoms with van der Waals surface area (Å²) in [5, 5.41) is 3.51. The third-order valence-corrected chi connectivity index (χ3v) is 4.13. The SMILES string of the molecule is COCCN(C)Cc1cc(CNCC(C)C)sc1C. The molecule has 0 aliphatic heterocycles. The van der Waals surface area contributed by atoms with Gasteiger partial charge in [-0.25, -0.2) is 0 Å². The highest BCUT2D eigenvalue weighted by atomic mass is 32.1. The van der Waals surface area contributed by atoms with Gasteiger partial charge in [-0.3, -0.25) is 4.90 Å². The van der Waals surface area contributed by atoms with Crippen molar-refractivity contribution in [3.8, 4) is 0 Å². The van der Waals surface area contributed by atoms with Crippen LogP contribution in [0.3, 0.4) is 0 Å². The molecule has 4 heteroatoms. The summed E-state index contributed by atoms with van der Waals surface area (Å²) in [6.07, 6.45) is 0. The van der Waals surface area contributed by atoms with Crippen LogP contribution in [0.2, 0.25) is 0 Å². The Morgan fingerprint density at radius 1 is 1.42 bits per heavy atom. The number of likely N-dealkylation sites (N-methyl/N-ethyl adjacent to an activating group) is 1. The topological polar surface area (TPSA) is 24.5 Å². The average molecular weight is 284 g/mol. The summed E-state index contributed by atoms with van der Waals surface area (Å²) in [6.45, 7) is 11.6. The third kappa shape index (κ3) is 6.52. The molecule has 0 aromatic carbocycles. The first-order valence-corrected chi connectivity index (χ1v) is 7.81. The zero-order chi connectivity index (χ0) is 14.3. The molecule has 0 bridgehead atoms. The Labute approximate surface area is 122 Å². The molecule has 1 rings (SSSR count). The summed E-state index contributed by atoms with van der Waals surface area (Å²) in [7, 11) is 3.90. The van der Waals surface area contributed by atoms with Crippen LogP contribution >= 0.6 is 11.3 Å². The summed E-state index contributed by atoms with van der Waals surface area (Å²) in [5.74, 6) is 0.709. The van der Waals surface area contributed by atoms with E-state index in [2.05, 4.69) is 44.1 Å². The molecule has 0 unspecified atom stereocenters. The van der Waals surface area contributed by atoms with Gasteiger partial charge in [0.05, 0.1) is 6.61 Å². The molecule has 3 nitrogen and oxygen atoms in total. The second kappa shape index (κ2) is 8.69. The molecular formula is C15H28N2OS. The van der Waals surface area contributed by atoms with Gasteiger partial charge in [0, 0.05) is 36.5 Å². The molecule has 1 heterocycles. The van der Waals surface area contributed by atoms with E-state index in [1.165, 1.54) is 15.3 Å². The summed E-state index contributed by atoms with van der Waals surface area (Å²) in [4.78, 5) is 5.18. The first-order chi connectivity index (χ1) is 9.02. The fraction of sp³-hybridized carbons (Fsp3) is 0.733. The van der Waals surface area contributed by atoms with Gasteiger partial charge in [-0.1, -0.05) is 13.8 Å². The number of nitrogens with one attached hydrogen (secondary N) is 1. The van der Waals surface area contributed by atoms with Gasteiger partial charge in [0.2, 0.25) is 0 Å². The van der Waals surface area contributed by atoms with Crippen LogP contribution in [-0.4, -0.2) is 38.8 Å². The lowest BCUT2D eigenvalue weighted by atomic mass is 10.2. The molecule has 1 N–H and O–H groups in total. The number of ether oxygens (including phenoxy) is 1. The lowest BCUT2D eigenvalue weighted by Crippen LogP contribution is -2.22. The minimum Gasteiger partial charge on any atom is -0.383 e. The van der Waals surface area contributed by atoms with E-state index in [0.717, 1.165) is 32.8 Å². The largest absolute Gasteiger partial charge is 0.383 e. The van der Waals surface area contributed by atoms with Gasteiger partial charge in [0.1, 0.15) is 0 Å². The van der Waals surface area contributed by atoms with E-state index in [0.29, 0.717) is 5.92 Å². The summed E-state index contributed by atoms with van der Waals surface area (Å²) in [6, 6.07) is 2.34. The lowest BCUT2D eigenvalue weighted by molar-refractivity contribution is 0.158. The minimum atomic E-state index is 0.709. The maximum absolute atomic E-state index is 5.11. The Morgan fingerprint density at radius 3 is 2.79 bits per heavy atom. The monoisotopic (exact) mass is 284 g/mol. The van der Waals surface area contributed by atoms with Crippen molar-refractivity contribution >= 4 is 11.3 Å². The number of aryl methyl sites for hydroxylation is 1. The van der Waals surface area contributed by atoms with Crippen LogP contribution in [0, 0.1) is 12.8 Å². The van der Waals surface area contributed by atoms with Crippen LogP contribution in [0.4, 0.5) is 0 Å². The van der Waals surface area contributed by atoms with Crippen molar-refractivity contribution in [1.29, 1.82) is 0 Å². The molecule has 0 fully saturated rings. The second-order valence-corrected chi connectivity index (χ2v) is 6.89. The highest BCUT2D eigenvalue weighted by molar-refractivity contribution is 7.12. The third-order valence-electron chi connectivity index (χ3n) is 3.04. The van der Waals surface area contributed by atoms with Crippen molar-refractivity contribution in [3.63, 3.8) is 0 Å². The van der Waals surface area contributed by atoms with E-state index in [1.807, 2.05) is 11.3 Å².